The molecule has 1 amide bonds. The maximum absolute atomic E-state index is 13.1. The van der Waals surface area contributed by atoms with Crippen LogP contribution in [-0.4, -0.2) is 10.5 Å². The second kappa shape index (κ2) is 5.87. The Morgan fingerprint density at radius 2 is 2.15 bits per heavy atom. The maximum atomic E-state index is 13.1. The topological polar surface area (TPSA) is 77.1 Å². The highest BCUT2D eigenvalue weighted by Gasteiger charge is 2.09. The number of aromatic nitrogens is 1. The minimum atomic E-state index is -0.505. The lowest BCUT2D eigenvalue weighted by atomic mass is 10.2. The van der Waals surface area contributed by atoms with Crippen molar-refractivity contribution in [1.29, 1.82) is 0 Å². The number of carbonyl (C=O) groups excluding carboxylic acids is 1. The van der Waals surface area contributed by atoms with Crippen molar-refractivity contribution < 1.29 is 9.18 Å². The monoisotopic (exact) mass is 339 g/mol. The molecule has 1 heterocycles. The Balaban J connectivity index is 2.15. The van der Waals surface area contributed by atoms with Crippen LogP contribution in [0, 0.1) is 5.82 Å². The van der Waals surface area contributed by atoms with Crippen molar-refractivity contribution in [3.63, 3.8) is 0 Å². The minimum absolute atomic E-state index is 0.179. The smallest absolute Gasteiger partial charge is 0.265 e. The zero-order valence-electron chi connectivity index (χ0n) is 10.3. The van der Waals surface area contributed by atoms with E-state index in [0.29, 0.717) is 4.47 Å². The molecule has 0 saturated carbocycles. The molecule has 0 fully saturated rings. The fraction of sp³-hybridized carbons (Fsp3) is 0.0769. The summed E-state index contributed by atoms with van der Waals surface area (Å²) in [6, 6.07) is 6.90. The molecule has 0 saturated heterocycles. The van der Waals surface area contributed by atoms with Crippen molar-refractivity contribution in [2.75, 3.05) is 11.1 Å². The van der Waals surface area contributed by atoms with Gasteiger partial charge in [-0.25, -0.2) is 4.39 Å². The number of nitrogen functional groups attached to an aromatic ring is 1. The van der Waals surface area contributed by atoms with Gasteiger partial charge >= 0.3 is 0 Å². The molecule has 0 radical (unpaired) electrons. The lowest BCUT2D eigenvalue weighted by Crippen LogP contribution is -2.27. The van der Waals surface area contributed by atoms with Gasteiger partial charge in [0, 0.05) is 6.20 Å². The Kier molecular flexibility index (Phi) is 4.19. The van der Waals surface area contributed by atoms with Gasteiger partial charge in [0.2, 0.25) is 5.91 Å². The summed E-state index contributed by atoms with van der Waals surface area (Å²) in [6.45, 7) is -0.186. The zero-order valence-corrected chi connectivity index (χ0v) is 11.9. The van der Waals surface area contributed by atoms with Gasteiger partial charge in [-0.05, 0) is 46.3 Å². The summed E-state index contributed by atoms with van der Waals surface area (Å²) in [4.78, 5) is 23.6. The summed E-state index contributed by atoms with van der Waals surface area (Å²) in [6.07, 6.45) is 1.49. The Morgan fingerprint density at radius 3 is 2.90 bits per heavy atom. The largest absolute Gasteiger partial charge is 0.397 e. The molecule has 104 valence electrons. The van der Waals surface area contributed by atoms with E-state index in [1.165, 1.54) is 22.9 Å². The standard InChI is InChI=1S/C13H11BrFN3O2/c14-9-2-1-5-18(13(9)20)7-12(19)17-11-6-8(15)3-4-10(11)16/h1-6H,7,16H2,(H,17,19). The number of nitrogens with zero attached hydrogens (tertiary/aromatic N) is 1. The average molecular weight is 340 g/mol. The molecule has 2 rings (SSSR count). The number of carbonyl (C=O) groups is 1. The first kappa shape index (κ1) is 14.3. The van der Waals surface area contributed by atoms with Crippen LogP contribution in [-0.2, 0) is 11.3 Å². The zero-order chi connectivity index (χ0) is 14.7. The van der Waals surface area contributed by atoms with E-state index < -0.39 is 11.7 Å². The Labute approximate surface area is 122 Å². The molecule has 20 heavy (non-hydrogen) atoms. The summed E-state index contributed by atoms with van der Waals surface area (Å²) in [5, 5.41) is 2.47. The Bertz CT molecular complexity index is 715. The number of pyridine rings is 1. The highest BCUT2D eigenvalue weighted by molar-refractivity contribution is 9.10. The third kappa shape index (κ3) is 3.24. The molecule has 7 heteroatoms. The third-order valence-electron chi connectivity index (χ3n) is 2.58. The molecular weight excluding hydrogens is 329 g/mol. The van der Waals surface area contributed by atoms with E-state index in [1.807, 2.05) is 0 Å². The maximum Gasteiger partial charge on any atom is 0.265 e. The van der Waals surface area contributed by atoms with Crippen molar-refractivity contribution >= 4 is 33.2 Å². The normalized spacial score (nSPS) is 10.3. The van der Waals surface area contributed by atoms with Gasteiger partial charge in [0.05, 0.1) is 15.8 Å². The van der Waals surface area contributed by atoms with Crippen molar-refractivity contribution in [3.8, 4) is 0 Å². The van der Waals surface area contributed by atoms with Gasteiger partial charge in [-0.15, -0.1) is 0 Å². The van der Waals surface area contributed by atoms with Gasteiger partial charge in [0.1, 0.15) is 12.4 Å². The van der Waals surface area contributed by atoms with E-state index in [9.17, 15) is 14.0 Å². The first-order chi connectivity index (χ1) is 9.47. The molecule has 0 bridgehead atoms. The van der Waals surface area contributed by atoms with Crippen molar-refractivity contribution in [3.05, 3.63) is 57.2 Å². The number of amides is 1. The van der Waals surface area contributed by atoms with E-state index in [0.717, 1.165) is 6.07 Å². The van der Waals surface area contributed by atoms with Crippen LogP contribution in [0.25, 0.3) is 0 Å². The van der Waals surface area contributed by atoms with Crippen molar-refractivity contribution in [2.24, 2.45) is 0 Å². The number of nitrogens with one attached hydrogen (secondary N) is 1. The summed E-state index contributed by atoms with van der Waals surface area (Å²) < 4.78 is 14.7. The van der Waals surface area contributed by atoms with Crippen LogP contribution in [0.2, 0.25) is 0 Å². The van der Waals surface area contributed by atoms with E-state index in [2.05, 4.69) is 21.2 Å². The number of halogens is 2. The Hall–Kier alpha value is -2.15. The van der Waals surface area contributed by atoms with E-state index >= 15 is 0 Å². The van der Waals surface area contributed by atoms with Crippen LogP contribution in [0.15, 0.2) is 45.8 Å². The lowest BCUT2D eigenvalue weighted by molar-refractivity contribution is -0.116. The van der Waals surface area contributed by atoms with Crippen LogP contribution in [0.4, 0.5) is 15.8 Å². The SMILES string of the molecule is Nc1ccc(F)cc1NC(=O)Cn1cccc(Br)c1=O. The summed E-state index contributed by atoms with van der Waals surface area (Å²) in [5.41, 5.74) is 5.73. The third-order valence-corrected chi connectivity index (χ3v) is 3.18. The van der Waals surface area contributed by atoms with Gasteiger partial charge in [0.15, 0.2) is 0 Å². The van der Waals surface area contributed by atoms with Crippen molar-refractivity contribution in [1.82, 2.24) is 4.57 Å². The molecule has 0 spiro atoms. The second-order valence-corrected chi connectivity index (χ2v) is 4.92. The van der Waals surface area contributed by atoms with Gasteiger partial charge < -0.3 is 15.6 Å². The van der Waals surface area contributed by atoms with Crippen LogP contribution < -0.4 is 16.6 Å². The van der Waals surface area contributed by atoms with Gasteiger partial charge in [-0.2, -0.15) is 0 Å². The first-order valence-electron chi connectivity index (χ1n) is 5.67. The van der Waals surface area contributed by atoms with Crippen LogP contribution >= 0.6 is 15.9 Å². The predicted molar refractivity (Wildman–Crippen MR) is 77.8 cm³/mol. The van der Waals surface area contributed by atoms with Gasteiger partial charge in [-0.3, -0.25) is 9.59 Å². The van der Waals surface area contributed by atoms with Gasteiger partial charge in [-0.1, -0.05) is 0 Å². The van der Waals surface area contributed by atoms with Crippen LogP contribution in [0.3, 0.4) is 0 Å². The first-order valence-corrected chi connectivity index (χ1v) is 6.46. The Morgan fingerprint density at radius 1 is 1.40 bits per heavy atom. The number of hydrogen-bond donors (Lipinski definition) is 2. The predicted octanol–water partition coefficient (Wildman–Crippen LogP) is 1.97. The van der Waals surface area contributed by atoms with E-state index in [-0.39, 0.29) is 23.5 Å². The lowest BCUT2D eigenvalue weighted by Gasteiger charge is -2.09. The molecule has 0 unspecified atom stereocenters. The molecule has 0 aliphatic rings. The highest BCUT2D eigenvalue weighted by Crippen LogP contribution is 2.19. The minimum Gasteiger partial charge on any atom is -0.397 e. The number of benzene rings is 1. The van der Waals surface area contributed by atoms with Crippen molar-refractivity contribution in [2.45, 2.75) is 6.54 Å². The second-order valence-electron chi connectivity index (χ2n) is 4.07. The summed E-state index contributed by atoms with van der Waals surface area (Å²) in [7, 11) is 0. The van der Waals surface area contributed by atoms with E-state index in [4.69, 9.17) is 5.73 Å². The molecule has 2 aromatic rings. The number of anilines is 2. The molecule has 0 aliphatic carbocycles. The number of nitrogens with two attached hydrogens (primary N) is 1. The molecular formula is C13H11BrFN3O2. The molecule has 1 aromatic heterocycles. The van der Waals surface area contributed by atoms with E-state index in [1.54, 1.807) is 12.1 Å². The van der Waals surface area contributed by atoms with Crippen LogP contribution in [0.1, 0.15) is 0 Å². The average Bonchev–Trinajstić information content (AvgIpc) is 2.39. The highest BCUT2D eigenvalue weighted by atomic mass is 79.9. The fourth-order valence-electron chi connectivity index (χ4n) is 1.61. The molecule has 1 aromatic carbocycles. The number of rotatable bonds is 3. The van der Waals surface area contributed by atoms with Crippen LogP contribution in [0.5, 0.6) is 0 Å². The molecule has 3 N–H and O–H groups in total. The fourth-order valence-corrected chi connectivity index (χ4v) is 1.99. The number of hydrogen-bond acceptors (Lipinski definition) is 3. The van der Waals surface area contributed by atoms with Gasteiger partial charge in [0.25, 0.3) is 5.56 Å². The quantitative estimate of drug-likeness (QED) is 0.839. The molecule has 0 atom stereocenters. The molecule has 5 nitrogen and oxygen atoms in total. The summed E-state index contributed by atoms with van der Waals surface area (Å²) >= 11 is 3.09. The summed E-state index contributed by atoms with van der Waals surface area (Å²) in [5.74, 6) is -0.975. The molecule has 0 aliphatic heterocycles.